The second-order valence-corrected chi connectivity index (χ2v) is 8.14. The van der Waals surface area contributed by atoms with Gasteiger partial charge in [0.05, 0.1) is 18.6 Å². The lowest BCUT2D eigenvalue weighted by Gasteiger charge is -2.22. The van der Waals surface area contributed by atoms with Crippen LogP contribution in [0.4, 0.5) is 0 Å². The SMILES string of the molecule is C[Si](C)(C)O[C@@H](CCl)CC#N. The molecule has 0 fully saturated rings. The average Bonchev–Trinajstić information content (AvgIpc) is 1.84. The summed E-state index contributed by atoms with van der Waals surface area (Å²) in [6.07, 6.45) is 0.321. The fraction of sp³-hybridized carbons (Fsp3) is 0.857. The average molecular weight is 192 g/mol. The molecule has 0 saturated heterocycles. The molecule has 0 amide bonds. The predicted octanol–water partition coefficient (Wildman–Crippen LogP) is 2.36. The Balaban J connectivity index is 3.80. The summed E-state index contributed by atoms with van der Waals surface area (Å²) in [6, 6.07) is 2.05. The summed E-state index contributed by atoms with van der Waals surface area (Å²) in [5.74, 6) is 0.415. The Bertz CT molecular complexity index is 150. The molecule has 64 valence electrons. The molecule has 0 aliphatic rings. The summed E-state index contributed by atoms with van der Waals surface area (Å²) < 4.78 is 5.61. The van der Waals surface area contributed by atoms with Crippen LogP contribution in [-0.4, -0.2) is 20.3 Å². The van der Waals surface area contributed by atoms with E-state index in [9.17, 15) is 0 Å². The first-order chi connectivity index (χ1) is 4.99. The van der Waals surface area contributed by atoms with E-state index in [0.29, 0.717) is 12.3 Å². The van der Waals surface area contributed by atoms with Crippen LogP contribution < -0.4 is 0 Å². The summed E-state index contributed by atoms with van der Waals surface area (Å²) in [5, 5.41) is 8.39. The van der Waals surface area contributed by atoms with Crippen molar-refractivity contribution in [2.45, 2.75) is 32.2 Å². The van der Waals surface area contributed by atoms with Crippen LogP contribution >= 0.6 is 11.6 Å². The standard InChI is InChI=1S/C7H14ClNOSi/c1-11(2,3)10-7(6-8)4-5-9/h7H,4,6H2,1-3H3/t7-/m1/s1. The van der Waals surface area contributed by atoms with Gasteiger partial charge in [0.15, 0.2) is 8.32 Å². The molecule has 0 aliphatic carbocycles. The molecular weight excluding hydrogens is 178 g/mol. The van der Waals surface area contributed by atoms with Crippen LogP contribution in [-0.2, 0) is 4.43 Å². The van der Waals surface area contributed by atoms with Crippen molar-refractivity contribution in [1.82, 2.24) is 0 Å². The Morgan fingerprint density at radius 1 is 1.55 bits per heavy atom. The largest absolute Gasteiger partial charge is 0.412 e. The fourth-order valence-corrected chi connectivity index (χ4v) is 2.17. The van der Waals surface area contributed by atoms with Crippen molar-refractivity contribution in [2.75, 3.05) is 5.88 Å². The molecule has 0 radical (unpaired) electrons. The minimum Gasteiger partial charge on any atom is -0.412 e. The smallest absolute Gasteiger partial charge is 0.184 e. The molecule has 0 heterocycles. The Morgan fingerprint density at radius 2 is 2.09 bits per heavy atom. The van der Waals surface area contributed by atoms with Crippen molar-refractivity contribution in [1.29, 1.82) is 5.26 Å². The zero-order chi connectivity index (χ0) is 8.91. The topological polar surface area (TPSA) is 33.0 Å². The highest BCUT2D eigenvalue weighted by molar-refractivity contribution is 6.69. The van der Waals surface area contributed by atoms with Gasteiger partial charge in [-0.25, -0.2) is 0 Å². The highest BCUT2D eigenvalue weighted by Gasteiger charge is 2.19. The lowest BCUT2D eigenvalue weighted by molar-refractivity contribution is 0.223. The van der Waals surface area contributed by atoms with Crippen molar-refractivity contribution in [3.8, 4) is 6.07 Å². The van der Waals surface area contributed by atoms with E-state index in [-0.39, 0.29) is 6.10 Å². The normalized spacial score (nSPS) is 14.1. The maximum absolute atomic E-state index is 8.39. The van der Waals surface area contributed by atoms with E-state index in [1.165, 1.54) is 0 Å². The van der Waals surface area contributed by atoms with E-state index in [1.807, 2.05) is 0 Å². The van der Waals surface area contributed by atoms with Crippen LogP contribution in [0.3, 0.4) is 0 Å². The zero-order valence-corrected chi connectivity index (χ0v) is 8.98. The Morgan fingerprint density at radius 3 is 2.36 bits per heavy atom. The van der Waals surface area contributed by atoms with Gasteiger partial charge in [-0.2, -0.15) is 5.26 Å². The molecule has 0 rings (SSSR count). The number of halogens is 1. The van der Waals surface area contributed by atoms with E-state index >= 15 is 0 Å². The van der Waals surface area contributed by atoms with Crippen molar-refractivity contribution in [2.24, 2.45) is 0 Å². The summed E-state index contributed by atoms with van der Waals surface area (Å²) in [5.41, 5.74) is 0. The number of rotatable bonds is 4. The second-order valence-electron chi connectivity index (χ2n) is 3.37. The van der Waals surface area contributed by atoms with Crippen molar-refractivity contribution in [3.05, 3.63) is 0 Å². The van der Waals surface area contributed by atoms with Gasteiger partial charge in [-0.05, 0) is 19.6 Å². The molecule has 4 heteroatoms. The first-order valence-corrected chi connectivity index (χ1v) is 7.54. The van der Waals surface area contributed by atoms with Gasteiger partial charge in [0.1, 0.15) is 0 Å². The first kappa shape index (κ1) is 11.0. The number of nitrogens with zero attached hydrogens (tertiary/aromatic N) is 1. The zero-order valence-electron chi connectivity index (χ0n) is 7.22. The summed E-state index contributed by atoms with van der Waals surface area (Å²) in [6.45, 7) is 6.26. The fourth-order valence-electron chi connectivity index (χ4n) is 0.730. The van der Waals surface area contributed by atoms with Gasteiger partial charge in [-0.1, -0.05) is 0 Å². The van der Waals surface area contributed by atoms with Crippen LogP contribution in [0.25, 0.3) is 0 Å². The third-order valence-electron chi connectivity index (χ3n) is 1.01. The maximum atomic E-state index is 8.39. The number of hydrogen-bond acceptors (Lipinski definition) is 2. The molecule has 2 nitrogen and oxygen atoms in total. The van der Waals surface area contributed by atoms with E-state index < -0.39 is 8.32 Å². The third-order valence-corrected chi connectivity index (χ3v) is 2.40. The molecule has 0 aromatic heterocycles. The molecule has 0 spiro atoms. The molecule has 0 aromatic carbocycles. The number of hydrogen-bond donors (Lipinski definition) is 0. The van der Waals surface area contributed by atoms with E-state index in [2.05, 4.69) is 25.7 Å². The van der Waals surface area contributed by atoms with Crippen LogP contribution in [0.15, 0.2) is 0 Å². The second kappa shape index (κ2) is 4.76. The highest BCUT2D eigenvalue weighted by atomic mass is 35.5. The molecular formula is C7H14ClNOSi. The van der Waals surface area contributed by atoms with Crippen LogP contribution in [0.2, 0.25) is 19.6 Å². The minimum absolute atomic E-state index is 0.0756. The molecule has 11 heavy (non-hydrogen) atoms. The third kappa shape index (κ3) is 6.36. The molecule has 0 unspecified atom stereocenters. The lowest BCUT2D eigenvalue weighted by atomic mass is 10.3. The molecule has 0 saturated carbocycles. The van der Waals surface area contributed by atoms with Gasteiger partial charge in [0, 0.05) is 5.88 Å². The quantitative estimate of drug-likeness (QED) is 0.505. The van der Waals surface area contributed by atoms with E-state index in [0.717, 1.165) is 0 Å². The summed E-state index contributed by atoms with van der Waals surface area (Å²) >= 11 is 5.60. The summed E-state index contributed by atoms with van der Waals surface area (Å²) in [7, 11) is -1.51. The van der Waals surface area contributed by atoms with Crippen LogP contribution in [0.5, 0.6) is 0 Å². The van der Waals surface area contributed by atoms with Crippen LogP contribution in [0.1, 0.15) is 6.42 Å². The highest BCUT2D eigenvalue weighted by Crippen LogP contribution is 2.10. The van der Waals surface area contributed by atoms with Gasteiger partial charge in [-0.15, -0.1) is 11.6 Å². The molecule has 0 aromatic rings. The molecule has 1 atom stereocenters. The lowest BCUT2D eigenvalue weighted by Crippen LogP contribution is -2.32. The van der Waals surface area contributed by atoms with Gasteiger partial charge in [-0.3, -0.25) is 0 Å². The Kier molecular flexibility index (Phi) is 4.74. The number of alkyl halides is 1. The van der Waals surface area contributed by atoms with Gasteiger partial charge < -0.3 is 4.43 Å². The van der Waals surface area contributed by atoms with Gasteiger partial charge >= 0.3 is 0 Å². The van der Waals surface area contributed by atoms with Crippen molar-refractivity contribution >= 4 is 19.9 Å². The van der Waals surface area contributed by atoms with Gasteiger partial charge in [0.25, 0.3) is 0 Å². The molecule has 0 N–H and O–H groups in total. The number of nitriles is 1. The Hall–Kier alpha value is -0.0431. The Labute approximate surface area is 74.2 Å². The first-order valence-electron chi connectivity index (χ1n) is 3.60. The summed E-state index contributed by atoms with van der Waals surface area (Å²) in [4.78, 5) is 0. The maximum Gasteiger partial charge on any atom is 0.184 e. The molecule has 0 aliphatic heterocycles. The van der Waals surface area contributed by atoms with Crippen molar-refractivity contribution < 1.29 is 4.43 Å². The van der Waals surface area contributed by atoms with E-state index in [1.54, 1.807) is 0 Å². The predicted molar refractivity (Wildman–Crippen MR) is 49.2 cm³/mol. The molecule has 0 bridgehead atoms. The van der Waals surface area contributed by atoms with Crippen LogP contribution in [0, 0.1) is 11.3 Å². The monoisotopic (exact) mass is 191 g/mol. The minimum atomic E-state index is -1.51. The van der Waals surface area contributed by atoms with Crippen molar-refractivity contribution in [3.63, 3.8) is 0 Å². The van der Waals surface area contributed by atoms with Gasteiger partial charge in [0.2, 0.25) is 0 Å². The van der Waals surface area contributed by atoms with E-state index in [4.69, 9.17) is 21.3 Å².